The third-order valence-corrected chi connectivity index (χ3v) is 5.65. The Morgan fingerprint density at radius 3 is 2.69 bits per heavy atom. The molecule has 0 radical (unpaired) electrons. The Kier molecular flexibility index (Phi) is 5.62. The lowest BCUT2D eigenvalue weighted by atomic mass is 10.1. The van der Waals surface area contributed by atoms with Gasteiger partial charge in [0.1, 0.15) is 5.03 Å². The number of aryl methyl sites for hydroxylation is 3. The van der Waals surface area contributed by atoms with Gasteiger partial charge in [0.25, 0.3) is 0 Å². The molecule has 0 saturated heterocycles. The molecule has 3 nitrogen and oxygen atoms in total. The van der Waals surface area contributed by atoms with Crippen LogP contribution >= 0.6 is 11.8 Å². The highest BCUT2D eigenvalue weighted by Gasteiger charge is 2.11. The molecular formula is C22H24N2OS. The van der Waals surface area contributed by atoms with Gasteiger partial charge in [-0.1, -0.05) is 43.0 Å². The molecular weight excluding hydrogens is 340 g/mol. The van der Waals surface area contributed by atoms with Crippen molar-refractivity contribution in [3.63, 3.8) is 0 Å². The van der Waals surface area contributed by atoms with Crippen molar-refractivity contribution >= 4 is 34.3 Å². The number of hydrogen-bond donors (Lipinski definition) is 1. The standard InChI is InChI=1S/C22H24N2OS/c1-5-17-12-18-10-9-14(2)11-20(18)24-22(17)26-13-21(25)23-19-8-6-7-15(3)16(19)4/h6-12H,5,13H2,1-4H3,(H,23,25). The summed E-state index contributed by atoms with van der Waals surface area (Å²) in [6.45, 7) is 8.27. The molecule has 1 heterocycles. The van der Waals surface area contributed by atoms with Gasteiger partial charge in [0, 0.05) is 11.1 Å². The number of pyridine rings is 1. The first-order valence-corrected chi connectivity index (χ1v) is 9.85. The highest BCUT2D eigenvalue weighted by molar-refractivity contribution is 8.00. The second-order valence-electron chi connectivity index (χ2n) is 6.59. The van der Waals surface area contributed by atoms with Crippen LogP contribution in [0.1, 0.15) is 29.2 Å². The van der Waals surface area contributed by atoms with Gasteiger partial charge >= 0.3 is 0 Å². The van der Waals surface area contributed by atoms with Crippen molar-refractivity contribution in [1.29, 1.82) is 0 Å². The van der Waals surface area contributed by atoms with E-state index in [1.54, 1.807) is 0 Å². The van der Waals surface area contributed by atoms with E-state index in [-0.39, 0.29) is 5.91 Å². The summed E-state index contributed by atoms with van der Waals surface area (Å²) in [4.78, 5) is 17.2. The quantitative estimate of drug-likeness (QED) is 0.612. The van der Waals surface area contributed by atoms with Crippen LogP contribution in [-0.4, -0.2) is 16.6 Å². The van der Waals surface area contributed by atoms with Crippen LogP contribution in [0, 0.1) is 20.8 Å². The Labute approximate surface area is 159 Å². The fraction of sp³-hybridized carbons (Fsp3) is 0.273. The SMILES string of the molecule is CCc1cc2ccc(C)cc2nc1SCC(=O)Nc1cccc(C)c1C. The first-order valence-electron chi connectivity index (χ1n) is 8.87. The molecule has 26 heavy (non-hydrogen) atoms. The molecule has 1 aromatic heterocycles. The minimum atomic E-state index is -0.00288. The Morgan fingerprint density at radius 2 is 1.92 bits per heavy atom. The molecule has 134 valence electrons. The maximum Gasteiger partial charge on any atom is 0.234 e. The smallest absolute Gasteiger partial charge is 0.234 e. The second-order valence-corrected chi connectivity index (χ2v) is 7.55. The maximum absolute atomic E-state index is 12.4. The fourth-order valence-electron chi connectivity index (χ4n) is 2.89. The highest BCUT2D eigenvalue weighted by Crippen LogP contribution is 2.26. The van der Waals surface area contributed by atoms with E-state index in [2.05, 4.69) is 43.4 Å². The van der Waals surface area contributed by atoms with Gasteiger partial charge in [-0.2, -0.15) is 0 Å². The molecule has 2 aromatic carbocycles. The summed E-state index contributed by atoms with van der Waals surface area (Å²) in [7, 11) is 0. The average Bonchev–Trinajstić information content (AvgIpc) is 2.63. The van der Waals surface area contributed by atoms with E-state index in [0.29, 0.717) is 5.75 Å². The van der Waals surface area contributed by atoms with E-state index >= 15 is 0 Å². The van der Waals surface area contributed by atoms with Crippen LogP contribution < -0.4 is 5.32 Å². The Hall–Kier alpha value is -2.33. The number of fused-ring (bicyclic) bond motifs is 1. The van der Waals surface area contributed by atoms with Crippen molar-refractivity contribution in [1.82, 2.24) is 4.98 Å². The van der Waals surface area contributed by atoms with Gasteiger partial charge in [-0.3, -0.25) is 4.79 Å². The van der Waals surface area contributed by atoms with Crippen LogP contribution in [0.3, 0.4) is 0 Å². The van der Waals surface area contributed by atoms with E-state index in [0.717, 1.165) is 33.6 Å². The minimum absolute atomic E-state index is 0.00288. The number of benzene rings is 2. The monoisotopic (exact) mass is 364 g/mol. The summed E-state index contributed by atoms with van der Waals surface area (Å²) in [6, 6.07) is 14.5. The number of anilines is 1. The summed E-state index contributed by atoms with van der Waals surface area (Å²) in [5.41, 5.74) is 6.53. The molecule has 3 rings (SSSR count). The zero-order valence-corrected chi connectivity index (χ0v) is 16.5. The number of nitrogens with one attached hydrogen (secondary N) is 1. The summed E-state index contributed by atoms with van der Waals surface area (Å²) in [6.07, 6.45) is 0.901. The number of carbonyl (C=O) groups is 1. The number of carbonyl (C=O) groups excluding carboxylic acids is 1. The number of thioether (sulfide) groups is 1. The number of aromatic nitrogens is 1. The normalized spacial score (nSPS) is 10.9. The molecule has 1 N–H and O–H groups in total. The molecule has 4 heteroatoms. The van der Waals surface area contributed by atoms with Gasteiger partial charge in [0.2, 0.25) is 5.91 Å². The van der Waals surface area contributed by atoms with Crippen LogP contribution in [0.5, 0.6) is 0 Å². The average molecular weight is 365 g/mol. The van der Waals surface area contributed by atoms with Gasteiger partial charge in [-0.25, -0.2) is 4.98 Å². The fourth-order valence-corrected chi connectivity index (χ4v) is 3.78. The maximum atomic E-state index is 12.4. The Bertz CT molecular complexity index is 966. The van der Waals surface area contributed by atoms with Crippen molar-refractivity contribution in [3.8, 4) is 0 Å². The van der Waals surface area contributed by atoms with Gasteiger partial charge in [0.15, 0.2) is 0 Å². The van der Waals surface area contributed by atoms with Crippen molar-refractivity contribution in [2.75, 3.05) is 11.1 Å². The Balaban J connectivity index is 1.76. The first-order chi connectivity index (χ1) is 12.5. The number of amides is 1. The summed E-state index contributed by atoms with van der Waals surface area (Å²) in [5.74, 6) is 0.349. The lowest BCUT2D eigenvalue weighted by Gasteiger charge is -2.12. The number of hydrogen-bond acceptors (Lipinski definition) is 3. The molecule has 3 aromatic rings. The summed E-state index contributed by atoms with van der Waals surface area (Å²) < 4.78 is 0. The zero-order valence-electron chi connectivity index (χ0n) is 15.7. The molecule has 1 amide bonds. The third-order valence-electron chi connectivity index (χ3n) is 4.61. The van der Waals surface area contributed by atoms with Gasteiger partial charge in [-0.05, 0) is 67.6 Å². The lowest BCUT2D eigenvalue weighted by Crippen LogP contribution is -2.15. The Morgan fingerprint density at radius 1 is 1.12 bits per heavy atom. The summed E-state index contributed by atoms with van der Waals surface area (Å²) >= 11 is 1.51. The van der Waals surface area contributed by atoms with Crippen LogP contribution in [0.2, 0.25) is 0 Å². The van der Waals surface area contributed by atoms with E-state index in [1.807, 2.05) is 32.0 Å². The molecule has 0 saturated carbocycles. The zero-order chi connectivity index (χ0) is 18.7. The van der Waals surface area contributed by atoms with E-state index in [4.69, 9.17) is 4.98 Å². The van der Waals surface area contributed by atoms with Crippen molar-refractivity contribution in [2.45, 2.75) is 39.1 Å². The minimum Gasteiger partial charge on any atom is -0.325 e. The van der Waals surface area contributed by atoms with Gasteiger partial charge in [-0.15, -0.1) is 0 Å². The van der Waals surface area contributed by atoms with E-state index < -0.39 is 0 Å². The number of rotatable bonds is 5. The van der Waals surface area contributed by atoms with Gasteiger partial charge < -0.3 is 5.32 Å². The molecule has 0 aliphatic heterocycles. The summed E-state index contributed by atoms with van der Waals surface area (Å²) in [5, 5.41) is 5.11. The van der Waals surface area contributed by atoms with Crippen LogP contribution in [0.25, 0.3) is 10.9 Å². The van der Waals surface area contributed by atoms with E-state index in [1.165, 1.54) is 28.5 Å². The topological polar surface area (TPSA) is 42.0 Å². The van der Waals surface area contributed by atoms with Crippen LogP contribution in [-0.2, 0) is 11.2 Å². The van der Waals surface area contributed by atoms with Crippen LogP contribution in [0.4, 0.5) is 5.69 Å². The lowest BCUT2D eigenvalue weighted by molar-refractivity contribution is -0.113. The number of nitrogens with zero attached hydrogens (tertiary/aromatic N) is 1. The third kappa shape index (κ3) is 4.07. The van der Waals surface area contributed by atoms with E-state index in [9.17, 15) is 4.79 Å². The highest BCUT2D eigenvalue weighted by atomic mass is 32.2. The largest absolute Gasteiger partial charge is 0.325 e. The van der Waals surface area contributed by atoms with Crippen molar-refractivity contribution in [2.24, 2.45) is 0 Å². The molecule has 0 fully saturated rings. The van der Waals surface area contributed by atoms with Crippen molar-refractivity contribution < 1.29 is 4.79 Å². The van der Waals surface area contributed by atoms with Gasteiger partial charge in [0.05, 0.1) is 11.3 Å². The molecule has 0 atom stereocenters. The predicted octanol–water partition coefficient (Wildman–Crippen LogP) is 5.45. The van der Waals surface area contributed by atoms with Crippen LogP contribution in [0.15, 0.2) is 47.5 Å². The predicted molar refractivity (Wildman–Crippen MR) is 111 cm³/mol. The first kappa shape index (κ1) is 18.5. The molecule has 0 aliphatic rings. The molecule has 0 unspecified atom stereocenters. The molecule has 0 bridgehead atoms. The van der Waals surface area contributed by atoms with Crippen molar-refractivity contribution in [3.05, 3.63) is 64.7 Å². The second kappa shape index (κ2) is 7.92. The molecule has 0 aliphatic carbocycles. The molecule has 0 spiro atoms.